The molecule has 0 unspecified atom stereocenters. The molecule has 0 fully saturated rings. The number of nitrogens with zero attached hydrogens (tertiary/aromatic N) is 1. The highest BCUT2D eigenvalue weighted by Crippen LogP contribution is 2.19. The first-order valence-corrected chi connectivity index (χ1v) is 3.77. The number of aryl methyl sites for hydroxylation is 2. The van der Waals surface area contributed by atoms with Gasteiger partial charge in [0.2, 0.25) is 0 Å². The van der Waals surface area contributed by atoms with Crippen LogP contribution in [0.25, 0.3) is 0 Å². The van der Waals surface area contributed by atoms with Crippen molar-refractivity contribution in [3.05, 3.63) is 10.7 Å². The standard InChI is InChI=1S/C6H10N2S/c1-3-5-6(7)9-4(2)8-5/h3,7H2,1-2H3. The Morgan fingerprint density at radius 3 is 2.56 bits per heavy atom. The quantitative estimate of drug-likeness (QED) is 0.646. The van der Waals surface area contributed by atoms with Gasteiger partial charge in [-0.05, 0) is 13.3 Å². The van der Waals surface area contributed by atoms with Crippen molar-refractivity contribution in [1.82, 2.24) is 4.98 Å². The molecule has 2 N–H and O–H groups in total. The lowest BCUT2D eigenvalue weighted by Crippen LogP contribution is -1.87. The van der Waals surface area contributed by atoms with Crippen LogP contribution >= 0.6 is 11.3 Å². The first-order chi connectivity index (χ1) is 4.24. The molecule has 50 valence electrons. The molecule has 0 aliphatic heterocycles. The number of nitrogen functional groups attached to an aromatic ring is 1. The van der Waals surface area contributed by atoms with Crippen LogP contribution in [-0.2, 0) is 6.42 Å². The summed E-state index contributed by atoms with van der Waals surface area (Å²) < 4.78 is 0. The van der Waals surface area contributed by atoms with Gasteiger partial charge in [0.15, 0.2) is 0 Å². The molecule has 1 aromatic heterocycles. The third-order valence-electron chi connectivity index (χ3n) is 1.17. The van der Waals surface area contributed by atoms with E-state index in [2.05, 4.69) is 11.9 Å². The first-order valence-electron chi connectivity index (χ1n) is 2.95. The molecule has 0 radical (unpaired) electrons. The van der Waals surface area contributed by atoms with Gasteiger partial charge in [0.25, 0.3) is 0 Å². The van der Waals surface area contributed by atoms with Gasteiger partial charge < -0.3 is 5.73 Å². The minimum Gasteiger partial charge on any atom is -0.389 e. The van der Waals surface area contributed by atoms with Crippen molar-refractivity contribution in [2.24, 2.45) is 0 Å². The van der Waals surface area contributed by atoms with Crippen LogP contribution in [-0.4, -0.2) is 4.98 Å². The number of nitrogens with two attached hydrogens (primary N) is 1. The molecule has 0 atom stereocenters. The average Bonchev–Trinajstić information content (AvgIpc) is 2.10. The van der Waals surface area contributed by atoms with E-state index in [1.165, 1.54) is 0 Å². The van der Waals surface area contributed by atoms with Gasteiger partial charge in [0, 0.05) is 0 Å². The summed E-state index contributed by atoms with van der Waals surface area (Å²) in [5, 5.41) is 1.93. The minimum atomic E-state index is 0.870. The second kappa shape index (κ2) is 2.35. The summed E-state index contributed by atoms with van der Waals surface area (Å²) in [5.41, 5.74) is 6.65. The second-order valence-electron chi connectivity index (χ2n) is 1.90. The van der Waals surface area contributed by atoms with E-state index in [-0.39, 0.29) is 0 Å². The minimum absolute atomic E-state index is 0.870. The molecule has 0 aliphatic carbocycles. The van der Waals surface area contributed by atoms with E-state index in [9.17, 15) is 0 Å². The molecule has 3 heteroatoms. The highest BCUT2D eigenvalue weighted by molar-refractivity contribution is 7.15. The highest BCUT2D eigenvalue weighted by Gasteiger charge is 2.00. The van der Waals surface area contributed by atoms with Crippen molar-refractivity contribution in [3.8, 4) is 0 Å². The van der Waals surface area contributed by atoms with Crippen LogP contribution in [0.4, 0.5) is 5.00 Å². The van der Waals surface area contributed by atoms with Crippen LogP contribution in [0.5, 0.6) is 0 Å². The van der Waals surface area contributed by atoms with E-state index >= 15 is 0 Å². The smallest absolute Gasteiger partial charge is 0.109 e. The monoisotopic (exact) mass is 142 g/mol. The van der Waals surface area contributed by atoms with Crippen LogP contribution in [0.15, 0.2) is 0 Å². The SMILES string of the molecule is CCc1nc(C)sc1N. The molecule has 0 aliphatic rings. The van der Waals surface area contributed by atoms with Gasteiger partial charge in [-0.25, -0.2) is 4.98 Å². The van der Waals surface area contributed by atoms with Gasteiger partial charge in [-0.15, -0.1) is 11.3 Å². The summed E-state index contributed by atoms with van der Waals surface area (Å²) in [5.74, 6) is 0. The van der Waals surface area contributed by atoms with Gasteiger partial charge >= 0.3 is 0 Å². The van der Waals surface area contributed by atoms with Crippen molar-refractivity contribution in [2.45, 2.75) is 20.3 Å². The largest absolute Gasteiger partial charge is 0.389 e. The maximum absolute atomic E-state index is 5.61. The molecule has 0 amide bonds. The van der Waals surface area contributed by atoms with E-state index in [4.69, 9.17) is 5.73 Å². The molecule has 2 nitrogen and oxygen atoms in total. The number of hydrogen-bond acceptors (Lipinski definition) is 3. The van der Waals surface area contributed by atoms with E-state index in [0.29, 0.717) is 0 Å². The van der Waals surface area contributed by atoms with Crippen molar-refractivity contribution in [1.29, 1.82) is 0 Å². The Morgan fingerprint density at radius 1 is 1.67 bits per heavy atom. The number of aromatic nitrogens is 1. The molecule has 0 saturated heterocycles. The lowest BCUT2D eigenvalue weighted by atomic mass is 10.4. The third-order valence-corrected chi connectivity index (χ3v) is 2.01. The average molecular weight is 142 g/mol. The van der Waals surface area contributed by atoms with Crippen LogP contribution < -0.4 is 5.73 Å². The summed E-state index contributed by atoms with van der Waals surface area (Å²) in [6.07, 6.45) is 0.941. The van der Waals surface area contributed by atoms with Crippen LogP contribution in [0.3, 0.4) is 0 Å². The normalized spacial score (nSPS) is 10.0. The Bertz CT molecular complexity index is 205. The Labute approximate surface area is 58.7 Å². The Kier molecular flexibility index (Phi) is 1.71. The zero-order valence-electron chi connectivity index (χ0n) is 5.64. The van der Waals surface area contributed by atoms with E-state index in [1.807, 2.05) is 6.92 Å². The number of hydrogen-bond donors (Lipinski definition) is 1. The van der Waals surface area contributed by atoms with Crippen LogP contribution in [0.2, 0.25) is 0 Å². The van der Waals surface area contributed by atoms with Gasteiger partial charge in [-0.3, -0.25) is 0 Å². The zero-order valence-corrected chi connectivity index (χ0v) is 6.46. The van der Waals surface area contributed by atoms with Crippen molar-refractivity contribution < 1.29 is 0 Å². The molecule has 1 rings (SSSR count). The van der Waals surface area contributed by atoms with Crippen molar-refractivity contribution in [2.75, 3.05) is 5.73 Å². The van der Waals surface area contributed by atoms with E-state index in [1.54, 1.807) is 11.3 Å². The van der Waals surface area contributed by atoms with Crippen molar-refractivity contribution >= 4 is 16.3 Å². The highest BCUT2D eigenvalue weighted by atomic mass is 32.1. The topological polar surface area (TPSA) is 38.9 Å². The summed E-state index contributed by atoms with van der Waals surface area (Å²) >= 11 is 1.56. The molecular formula is C6H10N2S. The van der Waals surface area contributed by atoms with Crippen LogP contribution in [0, 0.1) is 6.92 Å². The van der Waals surface area contributed by atoms with Gasteiger partial charge in [-0.2, -0.15) is 0 Å². The molecule has 0 bridgehead atoms. The molecule has 9 heavy (non-hydrogen) atoms. The molecule has 0 aromatic carbocycles. The van der Waals surface area contributed by atoms with E-state index in [0.717, 1.165) is 22.1 Å². The summed E-state index contributed by atoms with van der Waals surface area (Å²) in [6, 6.07) is 0. The predicted molar refractivity (Wildman–Crippen MR) is 40.6 cm³/mol. The van der Waals surface area contributed by atoms with Crippen molar-refractivity contribution in [3.63, 3.8) is 0 Å². The summed E-state index contributed by atoms with van der Waals surface area (Å²) in [7, 11) is 0. The second-order valence-corrected chi connectivity index (χ2v) is 3.13. The summed E-state index contributed by atoms with van der Waals surface area (Å²) in [6.45, 7) is 4.03. The molecule has 0 saturated carbocycles. The van der Waals surface area contributed by atoms with Gasteiger partial charge in [0.05, 0.1) is 10.7 Å². The summed E-state index contributed by atoms with van der Waals surface area (Å²) in [4.78, 5) is 4.22. The van der Waals surface area contributed by atoms with Crippen LogP contribution in [0.1, 0.15) is 17.6 Å². The Balaban J connectivity index is 3.01. The number of rotatable bonds is 1. The number of anilines is 1. The maximum atomic E-state index is 5.61. The fraction of sp³-hybridized carbons (Fsp3) is 0.500. The van der Waals surface area contributed by atoms with E-state index < -0.39 is 0 Å². The Hall–Kier alpha value is -0.570. The predicted octanol–water partition coefficient (Wildman–Crippen LogP) is 1.60. The lowest BCUT2D eigenvalue weighted by Gasteiger charge is -1.86. The molecular weight excluding hydrogens is 132 g/mol. The molecule has 1 aromatic rings. The fourth-order valence-corrected chi connectivity index (χ4v) is 1.52. The Morgan fingerprint density at radius 2 is 2.33 bits per heavy atom. The fourth-order valence-electron chi connectivity index (χ4n) is 0.739. The molecule has 0 spiro atoms. The third kappa shape index (κ3) is 1.21. The first kappa shape index (κ1) is 6.55. The van der Waals surface area contributed by atoms with Gasteiger partial charge in [-0.1, -0.05) is 6.92 Å². The number of thiazole rings is 1. The lowest BCUT2D eigenvalue weighted by molar-refractivity contribution is 1.05. The zero-order chi connectivity index (χ0) is 6.85. The molecule has 1 heterocycles. The maximum Gasteiger partial charge on any atom is 0.109 e. The van der Waals surface area contributed by atoms with Gasteiger partial charge in [0.1, 0.15) is 5.00 Å².